The van der Waals surface area contributed by atoms with Crippen molar-refractivity contribution in [3.63, 3.8) is 0 Å². The lowest BCUT2D eigenvalue weighted by molar-refractivity contribution is -0.117. The highest BCUT2D eigenvalue weighted by atomic mass is 16.1. The molecular weight excluding hydrogens is 126 g/mol. The van der Waals surface area contributed by atoms with E-state index in [4.69, 9.17) is 5.73 Å². The van der Waals surface area contributed by atoms with Gasteiger partial charge in [0, 0.05) is 11.6 Å². The monoisotopic (exact) mass is 137 g/mol. The maximum atomic E-state index is 11.1. The molecule has 0 aromatic heterocycles. The SMILES string of the molecule is CC1=CC(N)=CC(C)C1=O. The molecule has 1 unspecified atom stereocenters. The molecule has 1 aliphatic carbocycles. The molecule has 0 aromatic carbocycles. The minimum absolute atomic E-state index is 0.0370. The van der Waals surface area contributed by atoms with Gasteiger partial charge in [-0.2, -0.15) is 0 Å². The van der Waals surface area contributed by atoms with E-state index in [1.165, 1.54) is 0 Å². The van der Waals surface area contributed by atoms with Crippen LogP contribution in [0.5, 0.6) is 0 Å². The van der Waals surface area contributed by atoms with E-state index in [9.17, 15) is 4.79 Å². The van der Waals surface area contributed by atoms with Gasteiger partial charge in [-0.3, -0.25) is 4.79 Å². The van der Waals surface area contributed by atoms with Crippen LogP contribution in [0.3, 0.4) is 0 Å². The number of Topliss-reactive ketones (excluding diaryl/α,β-unsaturated/α-hetero) is 1. The Bertz CT molecular complexity index is 225. The van der Waals surface area contributed by atoms with Crippen molar-refractivity contribution in [3.8, 4) is 0 Å². The molecule has 2 N–H and O–H groups in total. The van der Waals surface area contributed by atoms with E-state index in [0.717, 1.165) is 5.57 Å². The molecule has 2 heteroatoms. The van der Waals surface area contributed by atoms with Crippen molar-refractivity contribution in [3.05, 3.63) is 23.4 Å². The van der Waals surface area contributed by atoms with Crippen LogP contribution in [0, 0.1) is 5.92 Å². The van der Waals surface area contributed by atoms with Crippen LogP contribution in [0.15, 0.2) is 23.4 Å². The fourth-order valence-corrected chi connectivity index (χ4v) is 1.09. The number of rotatable bonds is 0. The molecule has 0 spiro atoms. The largest absolute Gasteiger partial charge is 0.399 e. The van der Waals surface area contributed by atoms with Crippen LogP contribution < -0.4 is 5.73 Å². The zero-order valence-corrected chi connectivity index (χ0v) is 6.22. The van der Waals surface area contributed by atoms with Crippen LogP contribution in [0.25, 0.3) is 0 Å². The van der Waals surface area contributed by atoms with Gasteiger partial charge in [-0.15, -0.1) is 0 Å². The fourth-order valence-electron chi connectivity index (χ4n) is 1.09. The molecule has 1 rings (SSSR count). The summed E-state index contributed by atoms with van der Waals surface area (Å²) in [7, 11) is 0. The number of allylic oxidation sites excluding steroid dienone is 3. The lowest BCUT2D eigenvalue weighted by atomic mass is 9.94. The molecule has 0 amide bonds. The molecule has 0 heterocycles. The molecule has 0 aromatic rings. The van der Waals surface area contributed by atoms with Gasteiger partial charge >= 0.3 is 0 Å². The Hall–Kier alpha value is -1.05. The molecule has 1 aliphatic rings. The highest BCUT2D eigenvalue weighted by molar-refractivity contribution is 5.99. The predicted octanol–water partition coefficient (Wildman–Crippen LogP) is 0.994. The lowest BCUT2D eigenvalue weighted by Crippen LogP contribution is -2.16. The van der Waals surface area contributed by atoms with E-state index >= 15 is 0 Å². The molecule has 0 saturated carbocycles. The van der Waals surface area contributed by atoms with Crippen LogP contribution in [0.1, 0.15) is 13.8 Å². The second kappa shape index (κ2) is 2.29. The van der Waals surface area contributed by atoms with Gasteiger partial charge in [0.05, 0.1) is 0 Å². The normalized spacial score (nSPS) is 25.8. The third-order valence-electron chi connectivity index (χ3n) is 1.63. The summed E-state index contributed by atoms with van der Waals surface area (Å²) in [5.74, 6) is 0.138. The Balaban J connectivity index is 2.95. The van der Waals surface area contributed by atoms with Gasteiger partial charge in [0.25, 0.3) is 0 Å². The van der Waals surface area contributed by atoms with E-state index < -0.39 is 0 Å². The second-order valence-electron chi connectivity index (χ2n) is 2.65. The van der Waals surface area contributed by atoms with Gasteiger partial charge < -0.3 is 5.73 Å². The van der Waals surface area contributed by atoms with Gasteiger partial charge in [0.1, 0.15) is 0 Å². The van der Waals surface area contributed by atoms with E-state index in [2.05, 4.69) is 0 Å². The Morgan fingerprint density at radius 2 is 2.20 bits per heavy atom. The Morgan fingerprint density at radius 3 is 2.70 bits per heavy atom. The maximum Gasteiger partial charge on any atom is 0.165 e. The maximum absolute atomic E-state index is 11.1. The van der Waals surface area contributed by atoms with E-state index in [1.807, 2.05) is 6.92 Å². The summed E-state index contributed by atoms with van der Waals surface area (Å²) in [6.07, 6.45) is 3.48. The summed E-state index contributed by atoms with van der Waals surface area (Å²) >= 11 is 0. The number of nitrogens with two attached hydrogens (primary N) is 1. The first-order chi connectivity index (χ1) is 4.61. The van der Waals surface area contributed by atoms with Crippen molar-refractivity contribution in [1.82, 2.24) is 0 Å². The first-order valence-electron chi connectivity index (χ1n) is 3.31. The number of carbonyl (C=O) groups excluding carboxylic acids is 1. The number of ketones is 1. The molecule has 0 bridgehead atoms. The quantitative estimate of drug-likeness (QED) is 0.541. The van der Waals surface area contributed by atoms with Crippen LogP contribution >= 0.6 is 0 Å². The van der Waals surface area contributed by atoms with Crippen molar-refractivity contribution in [2.45, 2.75) is 13.8 Å². The Morgan fingerprint density at radius 1 is 1.60 bits per heavy atom. The number of hydrogen-bond donors (Lipinski definition) is 1. The average Bonchev–Trinajstić information content (AvgIpc) is 1.82. The molecular formula is C8H11NO. The van der Waals surface area contributed by atoms with Crippen molar-refractivity contribution >= 4 is 5.78 Å². The molecule has 0 radical (unpaired) electrons. The van der Waals surface area contributed by atoms with E-state index in [1.54, 1.807) is 19.1 Å². The standard InChI is InChI=1S/C8H11NO/c1-5-3-7(9)4-6(2)8(5)10/h3-5H,9H2,1-2H3. The van der Waals surface area contributed by atoms with Gasteiger partial charge in [-0.1, -0.05) is 13.0 Å². The summed E-state index contributed by atoms with van der Waals surface area (Å²) in [5, 5.41) is 0. The third-order valence-corrected chi connectivity index (χ3v) is 1.63. The third kappa shape index (κ3) is 1.10. The van der Waals surface area contributed by atoms with Crippen LogP contribution in [-0.4, -0.2) is 5.78 Å². The van der Waals surface area contributed by atoms with E-state index in [0.29, 0.717) is 5.70 Å². The predicted molar refractivity (Wildman–Crippen MR) is 40.2 cm³/mol. The molecule has 10 heavy (non-hydrogen) atoms. The average molecular weight is 137 g/mol. The zero-order valence-electron chi connectivity index (χ0n) is 6.22. The Kier molecular flexibility index (Phi) is 1.62. The van der Waals surface area contributed by atoms with Crippen molar-refractivity contribution in [1.29, 1.82) is 0 Å². The summed E-state index contributed by atoms with van der Waals surface area (Å²) in [5.41, 5.74) is 6.97. The Labute approximate surface area is 60.4 Å². The molecule has 1 atom stereocenters. The molecule has 54 valence electrons. The summed E-state index contributed by atoms with van der Waals surface area (Å²) < 4.78 is 0. The van der Waals surface area contributed by atoms with Crippen molar-refractivity contribution in [2.24, 2.45) is 11.7 Å². The topological polar surface area (TPSA) is 43.1 Å². The summed E-state index contributed by atoms with van der Waals surface area (Å²) in [6.45, 7) is 3.64. The second-order valence-corrected chi connectivity index (χ2v) is 2.65. The van der Waals surface area contributed by atoms with Crippen molar-refractivity contribution < 1.29 is 4.79 Å². The van der Waals surface area contributed by atoms with Crippen LogP contribution in [0.2, 0.25) is 0 Å². The minimum Gasteiger partial charge on any atom is -0.399 e. The zero-order chi connectivity index (χ0) is 7.72. The fraction of sp³-hybridized carbons (Fsp3) is 0.375. The highest BCUT2D eigenvalue weighted by Crippen LogP contribution is 2.15. The molecule has 0 fully saturated rings. The minimum atomic E-state index is -0.0370. The van der Waals surface area contributed by atoms with Crippen molar-refractivity contribution in [2.75, 3.05) is 0 Å². The van der Waals surface area contributed by atoms with Gasteiger partial charge in [-0.05, 0) is 18.6 Å². The first kappa shape index (κ1) is 7.06. The molecule has 2 nitrogen and oxygen atoms in total. The van der Waals surface area contributed by atoms with Gasteiger partial charge in [-0.25, -0.2) is 0 Å². The molecule has 0 aliphatic heterocycles. The lowest BCUT2D eigenvalue weighted by Gasteiger charge is -2.11. The summed E-state index contributed by atoms with van der Waals surface area (Å²) in [4.78, 5) is 11.1. The smallest absolute Gasteiger partial charge is 0.165 e. The summed E-state index contributed by atoms with van der Waals surface area (Å²) in [6, 6.07) is 0. The molecule has 0 saturated heterocycles. The van der Waals surface area contributed by atoms with Gasteiger partial charge in [0.2, 0.25) is 0 Å². The van der Waals surface area contributed by atoms with Gasteiger partial charge in [0.15, 0.2) is 5.78 Å². The van der Waals surface area contributed by atoms with E-state index in [-0.39, 0.29) is 11.7 Å². The highest BCUT2D eigenvalue weighted by Gasteiger charge is 2.16. The van der Waals surface area contributed by atoms with Crippen LogP contribution in [0.4, 0.5) is 0 Å². The first-order valence-corrected chi connectivity index (χ1v) is 3.31. The van der Waals surface area contributed by atoms with Crippen LogP contribution in [-0.2, 0) is 4.79 Å². The number of carbonyl (C=O) groups is 1. The number of hydrogen-bond acceptors (Lipinski definition) is 2.